The minimum absolute atomic E-state index is 0.0553. The molecule has 1 saturated carbocycles. The van der Waals surface area contributed by atoms with Crippen LogP contribution in [0.5, 0.6) is 0 Å². The van der Waals surface area contributed by atoms with E-state index in [2.05, 4.69) is 19.8 Å². The molecule has 188 valence electrons. The summed E-state index contributed by atoms with van der Waals surface area (Å²) in [5, 5.41) is 15.8. The van der Waals surface area contributed by atoms with Crippen molar-refractivity contribution < 1.29 is 28.9 Å². The van der Waals surface area contributed by atoms with Gasteiger partial charge >= 0.3 is 5.97 Å². The normalized spacial score (nSPS) is 22.0. The topological polar surface area (TPSA) is 164 Å². The maximum absolute atomic E-state index is 13.1. The number of hydrogen-bond donors (Lipinski definition) is 3. The van der Waals surface area contributed by atoms with Crippen molar-refractivity contribution in [1.29, 1.82) is 0 Å². The third-order valence-corrected chi connectivity index (χ3v) is 8.04. The fraction of sp³-hybridized carbons (Fsp3) is 0.409. The molecule has 12 nitrogen and oxygen atoms in total. The molecule has 1 aliphatic carbocycles. The standard InChI is InChI=1S/C22H23N7O5S2/c23-22-25-17(27-36-22)15(26-34-14-3-1-2-4-14)18(30)24-16-19(31)29-10-12(11-35-20(16)29)9-28-7-5-13(6-8-28)21(32)33/h5-8,10,14,16,20H,1-4,9,11H2,(H3-,23,24,25,27,30,32,33)/p+1/b26-15-/t16?,20-/m1/s1. The van der Waals surface area contributed by atoms with Crippen molar-refractivity contribution in [3.63, 3.8) is 0 Å². The number of nitrogen functional groups attached to an aromatic ring is 1. The first-order valence-electron chi connectivity index (χ1n) is 11.4. The third-order valence-electron chi connectivity index (χ3n) is 6.12. The van der Waals surface area contributed by atoms with Crippen LogP contribution in [0, 0.1) is 0 Å². The number of fused-ring (bicyclic) bond motifs is 1. The van der Waals surface area contributed by atoms with Crippen LogP contribution in [-0.4, -0.2) is 66.1 Å². The van der Waals surface area contributed by atoms with Crippen molar-refractivity contribution in [3.8, 4) is 0 Å². The monoisotopic (exact) mass is 530 g/mol. The number of thioether (sulfide) groups is 1. The van der Waals surface area contributed by atoms with Gasteiger partial charge in [0.1, 0.15) is 17.5 Å². The summed E-state index contributed by atoms with van der Waals surface area (Å²) in [6, 6.07) is 2.35. The summed E-state index contributed by atoms with van der Waals surface area (Å²) in [6.45, 7) is 0.520. The van der Waals surface area contributed by atoms with Gasteiger partial charge in [-0.1, -0.05) is 5.16 Å². The number of anilines is 1. The Balaban J connectivity index is 1.23. The van der Waals surface area contributed by atoms with Crippen LogP contribution in [0.2, 0.25) is 0 Å². The van der Waals surface area contributed by atoms with Crippen LogP contribution in [0.25, 0.3) is 0 Å². The summed E-state index contributed by atoms with van der Waals surface area (Å²) < 4.78 is 5.94. The highest BCUT2D eigenvalue weighted by Crippen LogP contribution is 2.36. The van der Waals surface area contributed by atoms with E-state index in [-0.39, 0.29) is 39.6 Å². The van der Waals surface area contributed by atoms with Gasteiger partial charge in [0.2, 0.25) is 11.5 Å². The maximum Gasteiger partial charge on any atom is 0.336 e. The van der Waals surface area contributed by atoms with Gasteiger partial charge in [-0.25, -0.2) is 9.36 Å². The molecule has 0 spiro atoms. The van der Waals surface area contributed by atoms with Crippen LogP contribution in [0.15, 0.2) is 41.5 Å². The fourth-order valence-electron chi connectivity index (χ4n) is 4.23. The third kappa shape index (κ3) is 5.04. The van der Waals surface area contributed by atoms with Crippen molar-refractivity contribution in [2.75, 3.05) is 11.5 Å². The van der Waals surface area contributed by atoms with Crippen LogP contribution in [0.4, 0.5) is 5.13 Å². The number of carbonyl (C=O) groups excluding carboxylic acids is 2. The van der Waals surface area contributed by atoms with Crippen molar-refractivity contribution in [3.05, 3.63) is 47.7 Å². The molecule has 1 saturated heterocycles. The zero-order valence-corrected chi connectivity index (χ0v) is 20.7. The maximum atomic E-state index is 13.1. The number of nitrogens with zero attached hydrogens (tertiary/aromatic N) is 5. The number of hydrogen-bond acceptors (Lipinski definition) is 10. The number of pyridine rings is 1. The number of nitrogens with two attached hydrogens (primary N) is 1. The minimum Gasteiger partial charge on any atom is -0.478 e. The van der Waals surface area contributed by atoms with E-state index < -0.39 is 17.9 Å². The Morgan fingerprint density at radius 1 is 1.31 bits per heavy atom. The quantitative estimate of drug-likeness (QED) is 0.193. The Hall–Kier alpha value is -3.52. The first-order valence-corrected chi connectivity index (χ1v) is 13.2. The summed E-state index contributed by atoms with van der Waals surface area (Å²) in [5.41, 5.74) is 6.80. The summed E-state index contributed by atoms with van der Waals surface area (Å²) in [6.07, 6.45) is 8.97. The van der Waals surface area contributed by atoms with E-state index in [1.807, 2.05) is 4.57 Å². The van der Waals surface area contributed by atoms with Crippen LogP contribution in [0.3, 0.4) is 0 Å². The first-order chi connectivity index (χ1) is 17.4. The molecule has 4 N–H and O–H groups in total. The van der Waals surface area contributed by atoms with E-state index in [1.54, 1.807) is 35.3 Å². The SMILES string of the molecule is Nc1nc(/C(=N/OC2CCCC2)C(=O)NC2C(=O)N3C=C(C[n+]4ccc(C(=O)O)cc4)CS[C@H]23)ns1. The lowest BCUT2D eigenvalue weighted by Gasteiger charge is -2.47. The second-order valence-corrected chi connectivity index (χ2v) is 10.5. The summed E-state index contributed by atoms with van der Waals surface area (Å²) in [5.74, 6) is -1.07. The van der Waals surface area contributed by atoms with E-state index in [4.69, 9.17) is 15.7 Å². The second kappa shape index (κ2) is 10.2. The lowest BCUT2D eigenvalue weighted by molar-refractivity contribution is -0.689. The number of carbonyl (C=O) groups is 3. The predicted molar refractivity (Wildman–Crippen MR) is 131 cm³/mol. The van der Waals surface area contributed by atoms with Gasteiger partial charge in [0.05, 0.1) is 5.56 Å². The number of aromatic nitrogens is 3. The van der Waals surface area contributed by atoms with E-state index in [0.29, 0.717) is 12.3 Å². The molecule has 2 aromatic rings. The predicted octanol–water partition coefficient (Wildman–Crippen LogP) is 0.753. The molecule has 14 heteroatoms. The van der Waals surface area contributed by atoms with Crippen LogP contribution in [0.1, 0.15) is 41.9 Å². The number of β-lactam (4-membered cyclic amide) rings is 1. The Morgan fingerprint density at radius 2 is 2.06 bits per heavy atom. The average molecular weight is 531 g/mol. The van der Waals surface area contributed by atoms with Gasteiger partial charge in [-0.2, -0.15) is 9.36 Å². The highest BCUT2D eigenvalue weighted by atomic mass is 32.2. The zero-order chi connectivity index (χ0) is 25.2. The van der Waals surface area contributed by atoms with Crippen molar-refractivity contribution in [1.82, 2.24) is 19.6 Å². The highest BCUT2D eigenvalue weighted by Gasteiger charge is 2.50. The minimum atomic E-state index is -0.982. The molecular weight excluding hydrogens is 506 g/mol. The molecule has 2 aromatic heterocycles. The van der Waals surface area contributed by atoms with Gasteiger partial charge in [0.15, 0.2) is 24.1 Å². The van der Waals surface area contributed by atoms with E-state index >= 15 is 0 Å². The molecule has 0 aromatic carbocycles. The number of carboxylic acid groups (broad SMARTS) is 1. The molecule has 2 aliphatic heterocycles. The van der Waals surface area contributed by atoms with Gasteiger partial charge in [-0.3, -0.25) is 9.59 Å². The van der Waals surface area contributed by atoms with Gasteiger partial charge in [-0.15, -0.1) is 11.8 Å². The van der Waals surface area contributed by atoms with Gasteiger partial charge in [-0.05, 0) is 25.7 Å². The van der Waals surface area contributed by atoms with Crippen LogP contribution >= 0.6 is 23.3 Å². The zero-order valence-electron chi connectivity index (χ0n) is 19.1. The van der Waals surface area contributed by atoms with Crippen molar-refractivity contribution >= 4 is 51.9 Å². The van der Waals surface area contributed by atoms with E-state index in [0.717, 1.165) is 42.8 Å². The Morgan fingerprint density at radius 3 is 2.72 bits per heavy atom. The summed E-state index contributed by atoms with van der Waals surface area (Å²) in [4.78, 5) is 48.2. The number of oxime groups is 1. The van der Waals surface area contributed by atoms with Crippen LogP contribution < -0.4 is 15.6 Å². The molecule has 5 rings (SSSR count). The number of amides is 2. The van der Waals surface area contributed by atoms with Gasteiger partial charge in [0, 0.05) is 41.2 Å². The van der Waals surface area contributed by atoms with Crippen molar-refractivity contribution in [2.45, 2.75) is 49.7 Å². The number of nitrogens with one attached hydrogen (secondary N) is 1. The van der Waals surface area contributed by atoms with E-state index in [9.17, 15) is 14.4 Å². The molecule has 3 aliphatic rings. The molecule has 4 heterocycles. The molecular formula is C22H24N7O5S2+. The number of carboxylic acids is 1. The Bertz CT molecular complexity index is 1240. The Kier molecular flexibility index (Phi) is 6.87. The van der Waals surface area contributed by atoms with Gasteiger partial charge in [0.25, 0.3) is 11.8 Å². The molecule has 0 bridgehead atoms. The average Bonchev–Trinajstić information content (AvgIpc) is 3.55. The summed E-state index contributed by atoms with van der Waals surface area (Å²) >= 11 is 2.49. The number of aromatic carboxylic acids is 1. The smallest absolute Gasteiger partial charge is 0.336 e. The highest BCUT2D eigenvalue weighted by molar-refractivity contribution is 8.00. The molecule has 0 radical (unpaired) electrons. The van der Waals surface area contributed by atoms with Gasteiger partial charge < -0.3 is 25.9 Å². The molecule has 2 fully saturated rings. The first kappa shape index (κ1) is 24.2. The molecule has 36 heavy (non-hydrogen) atoms. The summed E-state index contributed by atoms with van der Waals surface area (Å²) in [7, 11) is 0. The second-order valence-electron chi connectivity index (χ2n) is 8.66. The largest absolute Gasteiger partial charge is 0.478 e. The van der Waals surface area contributed by atoms with E-state index in [1.165, 1.54) is 12.1 Å². The van der Waals surface area contributed by atoms with Crippen molar-refractivity contribution in [2.24, 2.45) is 5.16 Å². The molecule has 2 atom stereocenters. The lowest BCUT2D eigenvalue weighted by Crippen LogP contribution is -2.69. The fourth-order valence-corrected chi connectivity index (χ4v) is 5.92. The van der Waals surface area contributed by atoms with Crippen LogP contribution in [-0.2, 0) is 21.0 Å². The molecule has 1 unspecified atom stereocenters. The Labute approximate surface area is 214 Å². The lowest BCUT2D eigenvalue weighted by atomic mass is 10.1. The molecule has 2 amide bonds. The number of rotatable bonds is 8.